The van der Waals surface area contributed by atoms with Gasteiger partial charge in [-0.25, -0.2) is 4.98 Å². The molecule has 2 amide bonds. The van der Waals surface area contributed by atoms with Crippen molar-refractivity contribution >= 4 is 34.8 Å². The van der Waals surface area contributed by atoms with Crippen LogP contribution in [-0.4, -0.2) is 40.3 Å². The summed E-state index contributed by atoms with van der Waals surface area (Å²) in [5, 5.41) is 3.02. The number of nitrogens with zero attached hydrogens (tertiary/aromatic N) is 2. The molecule has 1 saturated heterocycles. The molecule has 2 heterocycles. The predicted octanol–water partition coefficient (Wildman–Crippen LogP) is 2.87. The van der Waals surface area contributed by atoms with E-state index >= 15 is 0 Å². The minimum absolute atomic E-state index is 0.0171. The number of likely N-dealkylation sites (tertiary alicyclic amines) is 1. The highest BCUT2D eigenvalue weighted by Crippen LogP contribution is 2.40. The molecule has 1 saturated carbocycles. The molecule has 2 fully saturated rings. The number of carbonyl (C=O) groups excluding carboxylic acids is 2. The van der Waals surface area contributed by atoms with E-state index in [9.17, 15) is 9.59 Å². The van der Waals surface area contributed by atoms with Gasteiger partial charge in [-0.3, -0.25) is 9.59 Å². The number of halogens is 1. The van der Waals surface area contributed by atoms with E-state index in [1.807, 2.05) is 11.8 Å². The van der Waals surface area contributed by atoms with E-state index in [0.29, 0.717) is 22.6 Å². The summed E-state index contributed by atoms with van der Waals surface area (Å²) in [6, 6.07) is 0.232. The Bertz CT molecular complexity index is 633. The zero-order chi connectivity index (χ0) is 16.7. The van der Waals surface area contributed by atoms with Crippen LogP contribution in [0.1, 0.15) is 48.5 Å². The Morgan fingerprint density at radius 1 is 1.35 bits per heavy atom. The second kappa shape index (κ2) is 6.40. The van der Waals surface area contributed by atoms with Crippen molar-refractivity contribution in [3.05, 3.63) is 15.0 Å². The van der Waals surface area contributed by atoms with Crippen molar-refractivity contribution < 1.29 is 9.59 Å². The fourth-order valence-electron chi connectivity index (χ4n) is 3.24. The summed E-state index contributed by atoms with van der Waals surface area (Å²) < 4.78 is 0.379. The second-order valence-corrected chi connectivity index (χ2v) is 8.56. The van der Waals surface area contributed by atoms with Gasteiger partial charge in [0.05, 0.1) is 0 Å². The maximum atomic E-state index is 12.5. The fourth-order valence-corrected chi connectivity index (χ4v) is 4.30. The topological polar surface area (TPSA) is 62.3 Å². The summed E-state index contributed by atoms with van der Waals surface area (Å²) in [4.78, 5) is 31.7. The Morgan fingerprint density at radius 3 is 2.61 bits per heavy atom. The van der Waals surface area contributed by atoms with E-state index in [1.165, 1.54) is 11.3 Å². The number of rotatable bonds is 3. The molecule has 3 rings (SSSR count). The van der Waals surface area contributed by atoms with Gasteiger partial charge in [-0.05, 0) is 39.0 Å². The van der Waals surface area contributed by atoms with Crippen LogP contribution in [0.2, 0.25) is 4.47 Å². The van der Waals surface area contributed by atoms with Gasteiger partial charge in [-0.1, -0.05) is 18.5 Å². The Labute approximate surface area is 145 Å². The first-order chi connectivity index (χ1) is 10.9. The van der Waals surface area contributed by atoms with Gasteiger partial charge in [0.2, 0.25) is 5.91 Å². The molecule has 1 aliphatic heterocycles. The van der Waals surface area contributed by atoms with Crippen molar-refractivity contribution in [2.24, 2.45) is 11.8 Å². The molecule has 1 aliphatic carbocycles. The van der Waals surface area contributed by atoms with Crippen molar-refractivity contribution in [3.8, 4) is 0 Å². The molecular formula is C16H22ClN3O2S. The van der Waals surface area contributed by atoms with Crippen LogP contribution in [-0.2, 0) is 4.79 Å². The van der Waals surface area contributed by atoms with Crippen molar-refractivity contribution in [3.63, 3.8) is 0 Å². The molecule has 0 radical (unpaired) electrons. The van der Waals surface area contributed by atoms with E-state index in [1.54, 1.807) is 0 Å². The molecule has 2 unspecified atom stereocenters. The highest BCUT2D eigenvalue weighted by atomic mass is 35.5. The molecule has 2 aliphatic rings. The number of piperidine rings is 1. The van der Waals surface area contributed by atoms with Gasteiger partial charge in [0, 0.05) is 29.4 Å². The Kier molecular flexibility index (Phi) is 4.65. The van der Waals surface area contributed by atoms with E-state index in [-0.39, 0.29) is 29.8 Å². The van der Waals surface area contributed by atoms with Crippen LogP contribution in [0.4, 0.5) is 0 Å². The third-order valence-corrected chi connectivity index (χ3v) is 5.99. The molecule has 0 spiro atoms. The van der Waals surface area contributed by atoms with E-state index < -0.39 is 0 Å². The number of thiazole rings is 1. The smallest absolute Gasteiger partial charge is 0.271 e. The van der Waals surface area contributed by atoms with E-state index in [4.69, 9.17) is 11.6 Å². The van der Waals surface area contributed by atoms with Crippen molar-refractivity contribution in [1.82, 2.24) is 15.2 Å². The fraction of sp³-hybridized carbons (Fsp3) is 0.688. The van der Waals surface area contributed by atoms with E-state index in [2.05, 4.69) is 24.1 Å². The number of amides is 2. The van der Waals surface area contributed by atoms with Crippen LogP contribution in [0, 0.1) is 18.8 Å². The molecule has 0 aromatic carbocycles. The summed E-state index contributed by atoms with van der Waals surface area (Å²) in [6.45, 7) is 6.64. The number of aryl methyl sites for hydroxylation is 1. The molecule has 4 atom stereocenters. The quantitative estimate of drug-likeness (QED) is 0.906. The Hall–Kier alpha value is -1.14. The van der Waals surface area contributed by atoms with Crippen molar-refractivity contribution in [2.75, 3.05) is 6.54 Å². The number of aromatic nitrogens is 1. The lowest BCUT2D eigenvalue weighted by Gasteiger charge is -2.38. The molecule has 7 heteroatoms. The molecule has 126 valence electrons. The standard InChI is InChI=1S/C16H22ClN3O2S/c1-8-6-12(8)15(22)20-7-11(5-4-9(20)2)18-14(21)13-10(3)23-16(17)19-13/h8-9,11-12H,4-7H2,1-3H3,(H,18,21)/t8-,9?,11?,12-/m0/s1. The summed E-state index contributed by atoms with van der Waals surface area (Å²) >= 11 is 7.17. The van der Waals surface area contributed by atoms with Crippen LogP contribution >= 0.6 is 22.9 Å². The predicted molar refractivity (Wildman–Crippen MR) is 90.8 cm³/mol. The number of hydrogen-bond donors (Lipinski definition) is 1. The summed E-state index contributed by atoms with van der Waals surface area (Å²) in [7, 11) is 0. The summed E-state index contributed by atoms with van der Waals surface area (Å²) in [6.07, 6.45) is 2.79. The normalized spacial score (nSPS) is 30.2. The van der Waals surface area contributed by atoms with Crippen LogP contribution < -0.4 is 5.32 Å². The molecule has 1 aromatic rings. The van der Waals surface area contributed by atoms with Crippen LogP contribution in [0.15, 0.2) is 0 Å². The maximum Gasteiger partial charge on any atom is 0.271 e. The van der Waals surface area contributed by atoms with Gasteiger partial charge < -0.3 is 10.2 Å². The minimum atomic E-state index is -0.197. The zero-order valence-corrected chi connectivity index (χ0v) is 15.2. The van der Waals surface area contributed by atoms with Crippen LogP contribution in [0.5, 0.6) is 0 Å². The molecule has 5 nitrogen and oxygen atoms in total. The lowest BCUT2D eigenvalue weighted by molar-refractivity contribution is -0.136. The Balaban J connectivity index is 1.63. The SMILES string of the molecule is Cc1sc(Cl)nc1C(=O)NC1CCC(C)N(C(=O)[C@H]2C[C@@H]2C)C1. The zero-order valence-electron chi connectivity index (χ0n) is 13.6. The largest absolute Gasteiger partial charge is 0.346 e. The minimum Gasteiger partial charge on any atom is -0.346 e. The third kappa shape index (κ3) is 3.53. The highest BCUT2D eigenvalue weighted by molar-refractivity contribution is 7.15. The molecule has 1 aromatic heterocycles. The number of hydrogen-bond acceptors (Lipinski definition) is 4. The van der Waals surface area contributed by atoms with Gasteiger partial charge in [-0.2, -0.15) is 0 Å². The molecular weight excluding hydrogens is 334 g/mol. The molecule has 1 N–H and O–H groups in total. The number of carbonyl (C=O) groups is 2. The highest BCUT2D eigenvalue weighted by Gasteiger charge is 2.43. The lowest BCUT2D eigenvalue weighted by atomic mass is 9.98. The number of nitrogens with one attached hydrogen (secondary N) is 1. The van der Waals surface area contributed by atoms with Crippen LogP contribution in [0.3, 0.4) is 0 Å². The average molecular weight is 356 g/mol. The third-order valence-electron chi connectivity index (χ3n) is 4.91. The van der Waals surface area contributed by atoms with Gasteiger partial charge >= 0.3 is 0 Å². The summed E-state index contributed by atoms with van der Waals surface area (Å²) in [5.74, 6) is 0.741. The van der Waals surface area contributed by atoms with Crippen molar-refractivity contribution in [1.29, 1.82) is 0 Å². The first-order valence-electron chi connectivity index (χ1n) is 8.11. The monoisotopic (exact) mass is 355 g/mol. The first-order valence-corrected chi connectivity index (χ1v) is 9.30. The van der Waals surface area contributed by atoms with Gasteiger partial charge in [0.15, 0.2) is 4.47 Å². The average Bonchev–Trinajstić information content (AvgIpc) is 3.12. The first kappa shape index (κ1) is 16.7. The maximum absolute atomic E-state index is 12.5. The van der Waals surface area contributed by atoms with Crippen molar-refractivity contribution in [2.45, 2.75) is 52.1 Å². The molecule has 23 heavy (non-hydrogen) atoms. The Morgan fingerprint density at radius 2 is 2.04 bits per heavy atom. The summed E-state index contributed by atoms with van der Waals surface area (Å²) in [5.41, 5.74) is 0.396. The van der Waals surface area contributed by atoms with Gasteiger partial charge in [-0.15, -0.1) is 11.3 Å². The second-order valence-electron chi connectivity index (χ2n) is 6.78. The molecule has 0 bridgehead atoms. The van der Waals surface area contributed by atoms with Gasteiger partial charge in [0.25, 0.3) is 5.91 Å². The lowest BCUT2D eigenvalue weighted by Crippen LogP contribution is -2.53. The van der Waals surface area contributed by atoms with Crippen LogP contribution in [0.25, 0.3) is 0 Å². The van der Waals surface area contributed by atoms with Gasteiger partial charge in [0.1, 0.15) is 5.69 Å². The van der Waals surface area contributed by atoms with E-state index in [0.717, 1.165) is 24.1 Å².